The molecular formula is C28H28Cl3N5. The van der Waals surface area contributed by atoms with Crippen LogP contribution >= 0.6 is 34.8 Å². The van der Waals surface area contributed by atoms with Crippen molar-refractivity contribution in [3.8, 4) is 11.4 Å². The molecule has 186 valence electrons. The average molecular weight is 541 g/mol. The molecule has 36 heavy (non-hydrogen) atoms. The molecule has 2 aromatic heterocycles. The molecule has 1 aliphatic rings. The molecule has 2 aromatic carbocycles. The first kappa shape index (κ1) is 25.2. The van der Waals surface area contributed by atoms with Gasteiger partial charge < -0.3 is 10.2 Å². The minimum absolute atomic E-state index is 0.460. The summed E-state index contributed by atoms with van der Waals surface area (Å²) in [4.78, 5) is 16.7. The second kappa shape index (κ2) is 11.7. The van der Waals surface area contributed by atoms with E-state index >= 15 is 0 Å². The van der Waals surface area contributed by atoms with Crippen molar-refractivity contribution in [1.82, 2.24) is 19.9 Å². The molecule has 5 rings (SSSR count). The van der Waals surface area contributed by atoms with Crippen LogP contribution in [0.4, 0.5) is 5.82 Å². The van der Waals surface area contributed by atoms with Crippen molar-refractivity contribution in [3.63, 3.8) is 0 Å². The molecule has 1 N–H and O–H groups in total. The molecule has 0 amide bonds. The minimum Gasteiger partial charge on any atom is -0.368 e. The summed E-state index contributed by atoms with van der Waals surface area (Å²) in [6.07, 6.45) is 6.23. The molecule has 1 fully saturated rings. The molecule has 3 heterocycles. The van der Waals surface area contributed by atoms with E-state index in [1.807, 2.05) is 30.3 Å². The summed E-state index contributed by atoms with van der Waals surface area (Å²) in [5, 5.41) is 5.31. The lowest BCUT2D eigenvalue weighted by Crippen LogP contribution is -2.33. The number of likely N-dealkylation sites (tertiary alicyclic amines) is 1. The van der Waals surface area contributed by atoms with Gasteiger partial charge in [-0.15, -0.1) is 0 Å². The van der Waals surface area contributed by atoms with Crippen LogP contribution in [0.2, 0.25) is 15.1 Å². The molecular weight excluding hydrogens is 513 g/mol. The first-order valence-electron chi connectivity index (χ1n) is 12.4. The maximum atomic E-state index is 6.41. The molecule has 5 nitrogen and oxygen atoms in total. The Bertz CT molecular complexity index is 1320. The van der Waals surface area contributed by atoms with Crippen LogP contribution in [0.1, 0.15) is 37.2 Å². The highest BCUT2D eigenvalue weighted by atomic mass is 35.5. The molecule has 4 aromatic rings. The summed E-state index contributed by atoms with van der Waals surface area (Å²) in [5.41, 5.74) is 4.17. The lowest BCUT2D eigenvalue weighted by molar-refractivity contribution is 0.209. The van der Waals surface area contributed by atoms with E-state index in [0.717, 1.165) is 62.6 Å². The Hall–Kier alpha value is -2.44. The number of anilines is 1. The van der Waals surface area contributed by atoms with E-state index in [-0.39, 0.29) is 0 Å². The van der Waals surface area contributed by atoms with Gasteiger partial charge in [0, 0.05) is 17.8 Å². The zero-order chi connectivity index (χ0) is 24.9. The van der Waals surface area contributed by atoms with Gasteiger partial charge in [0.25, 0.3) is 0 Å². The fourth-order valence-electron chi connectivity index (χ4n) is 4.80. The number of nitrogens with one attached hydrogen (secondary N) is 1. The molecule has 8 heteroatoms. The van der Waals surface area contributed by atoms with Crippen molar-refractivity contribution in [1.29, 1.82) is 0 Å². The predicted molar refractivity (Wildman–Crippen MR) is 150 cm³/mol. The molecule has 0 spiro atoms. The van der Waals surface area contributed by atoms with Gasteiger partial charge in [-0.3, -0.25) is 4.98 Å². The average Bonchev–Trinajstić information content (AvgIpc) is 2.90. The highest BCUT2D eigenvalue weighted by molar-refractivity contribution is 6.42. The van der Waals surface area contributed by atoms with Crippen LogP contribution in [-0.2, 0) is 0 Å². The lowest BCUT2D eigenvalue weighted by atomic mass is 9.89. The van der Waals surface area contributed by atoms with Gasteiger partial charge in [0.1, 0.15) is 5.69 Å². The van der Waals surface area contributed by atoms with Crippen LogP contribution in [0.3, 0.4) is 0 Å². The highest BCUT2D eigenvalue weighted by Gasteiger charge is 2.21. The normalized spacial score (nSPS) is 14.9. The van der Waals surface area contributed by atoms with Gasteiger partial charge in [0.15, 0.2) is 5.82 Å². The van der Waals surface area contributed by atoms with E-state index in [1.165, 1.54) is 5.56 Å². The Morgan fingerprint density at radius 1 is 0.833 bits per heavy atom. The van der Waals surface area contributed by atoms with Crippen molar-refractivity contribution in [3.05, 3.63) is 81.4 Å². The Morgan fingerprint density at radius 3 is 2.28 bits per heavy atom. The number of fused-ring (bicyclic) bond motifs is 1. The lowest BCUT2D eigenvalue weighted by Gasteiger charge is -2.32. The summed E-state index contributed by atoms with van der Waals surface area (Å²) in [6.45, 7) is 4.14. The summed E-state index contributed by atoms with van der Waals surface area (Å²) < 4.78 is 0. The van der Waals surface area contributed by atoms with E-state index in [9.17, 15) is 0 Å². The number of piperidine rings is 1. The van der Waals surface area contributed by atoms with Gasteiger partial charge in [0.2, 0.25) is 0 Å². The number of hydrogen-bond donors (Lipinski definition) is 1. The number of unbranched alkanes of at least 4 members (excludes halogenated alkanes) is 1. The van der Waals surface area contributed by atoms with Gasteiger partial charge in [-0.25, -0.2) is 9.97 Å². The van der Waals surface area contributed by atoms with E-state index < -0.39 is 0 Å². The molecule has 0 saturated carbocycles. The Morgan fingerprint density at radius 2 is 1.56 bits per heavy atom. The predicted octanol–water partition coefficient (Wildman–Crippen LogP) is 7.72. The maximum absolute atomic E-state index is 6.41. The number of pyridine rings is 1. The number of nitrogens with zero attached hydrogens (tertiary/aromatic N) is 4. The second-order valence-electron chi connectivity index (χ2n) is 9.16. The summed E-state index contributed by atoms with van der Waals surface area (Å²) in [5.74, 6) is 1.27. The third-order valence-electron chi connectivity index (χ3n) is 6.74. The van der Waals surface area contributed by atoms with Gasteiger partial charge >= 0.3 is 0 Å². The molecule has 1 aliphatic heterocycles. The highest BCUT2D eigenvalue weighted by Crippen LogP contribution is 2.33. The molecule has 0 unspecified atom stereocenters. The van der Waals surface area contributed by atoms with Crippen LogP contribution in [0.25, 0.3) is 22.4 Å². The monoisotopic (exact) mass is 539 g/mol. The zero-order valence-corrected chi connectivity index (χ0v) is 22.2. The van der Waals surface area contributed by atoms with Crippen LogP contribution in [0, 0.1) is 0 Å². The van der Waals surface area contributed by atoms with E-state index in [2.05, 4.69) is 27.3 Å². The van der Waals surface area contributed by atoms with Crippen LogP contribution < -0.4 is 5.32 Å². The summed E-state index contributed by atoms with van der Waals surface area (Å²) in [7, 11) is 0. The minimum atomic E-state index is 0.460. The fourth-order valence-corrected chi connectivity index (χ4v) is 5.40. The quantitative estimate of drug-likeness (QED) is 0.232. The molecule has 0 bridgehead atoms. The fraction of sp³-hybridized carbons (Fsp3) is 0.321. The second-order valence-corrected chi connectivity index (χ2v) is 10.4. The van der Waals surface area contributed by atoms with Crippen LogP contribution in [0.15, 0.2) is 60.8 Å². The molecule has 1 saturated heterocycles. The number of benzene rings is 2. The maximum Gasteiger partial charge on any atom is 0.154 e. The van der Waals surface area contributed by atoms with E-state index in [4.69, 9.17) is 44.8 Å². The first-order valence-corrected chi connectivity index (χ1v) is 13.5. The standard InChI is InChI=1S/C28H28Cl3N5/c29-21-8-2-1-7-20(21)19-10-15-36(16-11-19)14-6-5-13-33-28-27(24-9-3-4-12-32-24)34-25-17-22(30)23(31)18-26(25)35-28/h1-4,7-9,12,17-19H,5-6,10-11,13-16H2,(H,33,35). The third-order valence-corrected chi connectivity index (χ3v) is 7.81. The summed E-state index contributed by atoms with van der Waals surface area (Å²) in [6, 6.07) is 17.5. The van der Waals surface area contributed by atoms with Crippen LogP contribution in [0.5, 0.6) is 0 Å². The van der Waals surface area contributed by atoms with E-state index in [1.54, 1.807) is 18.3 Å². The molecule has 0 atom stereocenters. The number of halogens is 3. The smallest absolute Gasteiger partial charge is 0.154 e. The van der Waals surface area contributed by atoms with Gasteiger partial charge in [-0.1, -0.05) is 59.1 Å². The largest absolute Gasteiger partial charge is 0.368 e. The van der Waals surface area contributed by atoms with Crippen molar-refractivity contribution >= 4 is 51.7 Å². The third kappa shape index (κ3) is 5.92. The van der Waals surface area contributed by atoms with Crippen LogP contribution in [-0.4, -0.2) is 46.0 Å². The topological polar surface area (TPSA) is 53.9 Å². The molecule has 0 radical (unpaired) electrons. The number of hydrogen-bond acceptors (Lipinski definition) is 5. The Kier molecular flexibility index (Phi) is 8.22. The van der Waals surface area contributed by atoms with Crippen molar-refractivity contribution < 1.29 is 0 Å². The molecule has 0 aliphatic carbocycles. The zero-order valence-electron chi connectivity index (χ0n) is 19.9. The van der Waals surface area contributed by atoms with Crippen molar-refractivity contribution in [2.45, 2.75) is 31.6 Å². The van der Waals surface area contributed by atoms with Gasteiger partial charge in [-0.05, 0) is 87.1 Å². The van der Waals surface area contributed by atoms with Crippen molar-refractivity contribution in [2.24, 2.45) is 0 Å². The summed E-state index contributed by atoms with van der Waals surface area (Å²) >= 11 is 18.9. The van der Waals surface area contributed by atoms with Crippen molar-refractivity contribution in [2.75, 3.05) is 31.5 Å². The Labute approximate surface area is 226 Å². The Balaban J connectivity index is 1.17. The van der Waals surface area contributed by atoms with Gasteiger partial charge in [0.05, 0.1) is 26.8 Å². The van der Waals surface area contributed by atoms with E-state index in [0.29, 0.717) is 38.5 Å². The number of aromatic nitrogens is 3. The SMILES string of the molecule is Clc1cc2nc(NCCCCN3CCC(c4ccccc4Cl)CC3)c(-c3ccccn3)nc2cc1Cl. The number of rotatable bonds is 8. The van der Waals surface area contributed by atoms with Gasteiger partial charge in [-0.2, -0.15) is 0 Å². The first-order chi connectivity index (χ1) is 17.6.